The van der Waals surface area contributed by atoms with Crippen LogP contribution in [0.15, 0.2) is 48.5 Å². The quantitative estimate of drug-likeness (QED) is 0.0976. The Morgan fingerprint density at radius 3 is 2.32 bits per heavy atom. The zero-order valence-electron chi connectivity index (χ0n) is 21.6. The highest BCUT2D eigenvalue weighted by molar-refractivity contribution is 8.69. The van der Waals surface area contributed by atoms with Gasteiger partial charge in [-0.2, -0.15) is 8.42 Å². The Labute approximate surface area is 223 Å². The van der Waals surface area contributed by atoms with E-state index in [2.05, 4.69) is 25.2 Å². The van der Waals surface area contributed by atoms with Crippen LogP contribution >= 0.6 is 10.8 Å². The van der Waals surface area contributed by atoms with Crippen molar-refractivity contribution in [2.45, 2.75) is 25.7 Å². The van der Waals surface area contributed by atoms with Crippen molar-refractivity contribution in [1.29, 1.82) is 0 Å². The van der Waals surface area contributed by atoms with Crippen molar-refractivity contribution in [1.82, 2.24) is 5.32 Å². The largest absolute Gasteiger partial charge is 0.395 e. The Kier molecular flexibility index (Phi) is 12.1. The molecular formula is C26H38N3O6S2+. The summed E-state index contributed by atoms with van der Waals surface area (Å²) in [7, 11) is -1.80. The molecule has 0 aromatic heterocycles. The van der Waals surface area contributed by atoms with Gasteiger partial charge in [0, 0.05) is 48.3 Å². The number of amides is 1. The van der Waals surface area contributed by atoms with Crippen molar-refractivity contribution in [3.8, 4) is 0 Å². The number of hydrogen-bond donors (Lipinski definition) is 5. The molecule has 204 valence electrons. The number of quaternary nitrogens is 1. The van der Waals surface area contributed by atoms with Gasteiger partial charge in [0.1, 0.15) is 5.69 Å². The molecule has 0 saturated carbocycles. The molecule has 0 atom stereocenters. The van der Waals surface area contributed by atoms with E-state index in [0.717, 1.165) is 28.9 Å². The molecule has 0 unspecified atom stereocenters. The SMILES string of the molecule is C[NH2+]c1ccc(C(=O)NCCSS(=O)(=O)O)cc1C(C)(C)C/C=C/c1ccc(N(CCO)CCO)cc1. The summed E-state index contributed by atoms with van der Waals surface area (Å²) in [6.07, 6.45) is 4.88. The van der Waals surface area contributed by atoms with Crippen LogP contribution in [-0.4, -0.2) is 74.7 Å². The van der Waals surface area contributed by atoms with E-state index in [9.17, 15) is 23.4 Å². The highest BCUT2D eigenvalue weighted by atomic mass is 33.1. The van der Waals surface area contributed by atoms with Gasteiger partial charge in [0.15, 0.2) is 0 Å². The maximum atomic E-state index is 12.6. The van der Waals surface area contributed by atoms with Gasteiger partial charge in [0.25, 0.3) is 5.91 Å². The molecule has 2 aromatic rings. The van der Waals surface area contributed by atoms with Gasteiger partial charge >= 0.3 is 9.15 Å². The smallest absolute Gasteiger partial charge is 0.319 e. The van der Waals surface area contributed by atoms with Crippen LogP contribution in [0.5, 0.6) is 0 Å². The fourth-order valence-electron chi connectivity index (χ4n) is 3.96. The van der Waals surface area contributed by atoms with Gasteiger partial charge in [-0.3, -0.25) is 9.35 Å². The number of allylic oxidation sites excluding steroid dienone is 1. The van der Waals surface area contributed by atoms with E-state index in [4.69, 9.17) is 4.55 Å². The number of carbonyl (C=O) groups excluding carboxylic acids is 1. The number of carbonyl (C=O) groups is 1. The predicted octanol–water partition coefficient (Wildman–Crippen LogP) is 1.95. The van der Waals surface area contributed by atoms with Crippen molar-refractivity contribution >= 4 is 43.3 Å². The molecule has 6 N–H and O–H groups in total. The van der Waals surface area contributed by atoms with Crippen molar-refractivity contribution in [3.05, 3.63) is 65.2 Å². The summed E-state index contributed by atoms with van der Waals surface area (Å²) in [6, 6.07) is 13.5. The second kappa shape index (κ2) is 14.5. The van der Waals surface area contributed by atoms with E-state index < -0.39 is 9.15 Å². The second-order valence-corrected chi connectivity index (χ2v) is 12.6. The number of aliphatic hydroxyl groups is 2. The number of anilines is 1. The number of nitrogens with zero attached hydrogens (tertiary/aromatic N) is 1. The maximum Gasteiger partial charge on any atom is 0.319 e. The molecule has 0 aliphatic carbocycles. The van der Waals surface area contributed by atoms with Crippen LogP contribution in [-0.2, 0) is 14.6 Å². The summed E-state index contributed by atoms with van der Waals surface area (Å²) in [4.78, 5) is 14.5. The van der Waals surface area contributed by atoms with Gasteiger partial charge in [0.2, 0.25) is 0 Å². The number of hydrogen-bond acceptors (Lipinski definition) is 7. The Morgan fingerprint density at radius 1 is 1.11 bits per heavy atom. The molecule has 11 heteroatoms. The second-order valence-electron chi connectivity index (χ2n) is 9.11. The Bertz CT molecular complexity index is 1150. The van der Waals surface area contributed by atoms with Gasteiger partial charge in [-0.1, -0.05) is 38.1 Å². The lowest BCUT2D eigenvalue weighted by molar-refractivity contribution is -0.540. The third-order valence-electron chi connectivity index (χ3n) is 5.91. The van der Waals surface area contributed by atoms with E-state index in [1.54, 1.807) is 6.07 Å². The molecule has 1 amide bonds. The van der Waals surface area contributed by atoms with Crippen LogP contribution in [0.2, 0.25) is 0 Å². The van der Waals surface area contributed by atoms with Crippen molar-refractivity contribution in [2.24, 2.45) is 0 Å². The molecule has 0 fully saturated rings. The van der Waals surface area contributed by atoms with Crippen molar-refractivity contribution in [3.63, 3.8) is 0 Å². The summed E-state index contributed by atoms with van der Waals surface area (Å²) >= 11 is 0. The monoisotopic (exact) mass is 552 g/mol. The van der Waals surface area contributed by atoms with Crippen LogP contribution in [0.3, 0.4) is 0 Å². The van der Waals surface area contributed by atoms with Crippen LogP contribution < -0.4 is 15.5 Å². The maximum absolute atomic E-state index is 12.6. The molecule has 0 spiro atoms. The summed E-state index contributed by atoms with van der Waals surface area (Å²) in [6.45, 7) is 5.31. The lowest BCUT2D eigenvalue weighted by atomic mass is 9.79. The molecule has 0 heterocycles. The minimum Gasteiger partial charge on any atom is -0.395 e. The molecule has 2 rings (SSSR count). The Hall–Kier alpha value is -2.41. The van der Waals surface area contributed by atoms with Crippen molar-refractivity contribution in [2.75, 3.05) is 50.5 Å². The fourth-order valence-corrected chi connectivity index (χ4v) is 5.23. The van der Waals surface area contributed by atoms with E-state index in [0.29, 0.717) is 29.4 Å². The first-order chi connectivity index (χ1) is 17.5. The molecule has 0 radical (unpaired) electrons. The Morgan fingerprint density at radius 2 is 1.76 bits per heavy atom. The van der Waals surface area contributed by atoms with E-state index in [1.807, 2.05) is 59.7 Å². The highest BCUT2D eigenvalue weighted by Gasteiger charge is 2.25. The van der Waals surface area contributed by atoms with Crippen molar-refractivity contribution < 1.29 is 33.3 Å². The predicted molar refractivity (Wildman–Crippen MR) is 150 cm³/mol. The van der Waals surface area contributed by atoms with Crippen LogP contribution in [0, 0.1) is 0 Å². The normalized spacial score (nSPS) is 12.2. The average molecular weight is 553 g/mol. The fraction of sp³-hybridized carbons (Fsp3) is 0.423. The summed E-state index contributed by atoms with van der Waals surface area (Å²) in [5.41, 5.74) is 4.25. The van der Waals surface area contributed by atoms with Gasteiger partial charge in [-0.05, 0) is 52.5 Å². The molecule has 9 nitrogen and oxygen atoms in total. The van der Waals surface area contributed by atoms with Crippen LogP contribution in [0.1, 0.15) is 41.8 Å². The van der Waals surface area contributed by atoms with Gasteiger partial charge < -0.3 is 25.7 Å². The summed E-state index contributed by atoms with van der Waals surface area (Å²) in [5, 5.41) is 23.2. The minimum absolute atomic E-state index is 0.0177. The molecule has 0 bridgehead atoms. The number of benzene rings is 2. The van der Waals surface area contributed by atoms with E-state index >= 15 is 0 Å². The van der Waals surface area contributed by atoms with Crippen LogP contribution in [0.4, 0.5) is 11.4 Å². The van der Waals surface area contributed by atoms with Gasteiger partial charge in [-0.25, -0.2) is 0 Å². The zero-order valence-corrected chi connectivity index (χ0v) is 23.2. The zero-order chi connectivity index (χ0) is 27.5. The highest BCUT2D eigenvalue weighted by Crippen LogP contribution is 2.32. The minimum atomic E-state index is -4.13. The molecule has 2 aromatic carbocycles. The lowest BCUT2D eigenvalue weighted by Gasteiger charge is -2.25. The van der Waals surface area contributed by atoms with Gasteiger partial charge in [0.05, 0.1) is 20.3 Å². The third-order valence-corrected chi connectivity index (χ3v) is 7.97. The standard InChI is InChI=1S/C26H37N3O6S2/c1-26(2,12-4-5-20-6-9-22(10-7-20)29(14-16-30)15-17-31)23-19-21(8-11-24(23)27-3)25(32)28-13-18-36-37(33,34)35/h4-11,19,27,30-31H,12-18H2,1-3H3,(H,28,32)(H,33,34,35)/p+1/b5-4+. The first kappa shape index (κ1) is 30.8. The topological polar surface area (TPSA) is 144 Å². The molecule has 0 saturated heterocycles. The summed E-state index contributed by atoms with van der Waals surface area (Å²) < 4.78 is 30.4. The Balaban J connectivity index is 2.10. The van der Waals surface area contributed by atoms with Gasteiger partial charge in [-0.15, -0.1) is 0 Å². The first-order valence-corrected chi connectivity index (χ1v) is 15.0. The van der Waals surface area contributed by atoms with Crippen LogP contribution in [0.25, 0.3) is 6.08 Å². The third kappa shape index (κ3) is 10.1. The number of nitrogens with one attached hydrogen (secondary N) is 1. The lowest BCUT2D eigenvalue weighted by Crippen LogP contribution is -2.73. The molecule has 0 aliphatic heterocycles. The van der Waals surface area contributed by atoms with E-state index in [-0.39, 0.29) is 36.8 Å². The first-order valence-electron chi connectivity index (χ1n) is 12.1. The molecule has 0 aliphatic rings. The molecule has 37 heavy (non-hydrogen) atoms. The average Bonchev–Trinajstić information content (AvgIpc) is 2.85. The number of aliphatic hydroxyl groups excluding tert-OH is 2. The number of rotatable bonds is 15. The van der Waals surface area contributed by atoms with E-state index in [1.165, 1.54) is 0 Å². The number of nitrogens with two attached hydrogens (primary N) is 1. The summed E-state index contributed by atoms with van der Waals surface area (Å²) in [5.74, 6) is -0.251. The molecular weight excluding hydrogens is 514 g/mol.